The number of benzene rings is 1. The Balaban J connectivity index is 2.52. The minimum absolute atomic E-state index is 0.370. The third-order valence-corrected chi connectivity index (χ3v) is 2.79. The fourth-order valence-corrected chi connectivity index (χ4v) is 1.92. The van der Waals surface area contributed by atoms with Crippen molar-refractivity contribution < 1.29 is 0 Å². The first-order chi connectivity index (χ1) is 7.79. The van der Waals surface area contributed by atoms with Gasteiger partial charge >= 0.3 is 0 Å². The summed E-state index contributed by atoms with van der Waals surface area (Å²) in [5.41, 5.74) is 8.31. The monoisotopic (exact) mass is 232 g/mol. The number of para-hydroxylation sites is 1. The molecule has 0 bridgehead atoms. The second kappa shape index (κ2) is 3.35. The Hall–Kier alpha value is -1.81. The Morgan fingerprint density at radius 1 is 1.25 bits per heavy atom. The van der Waals surface area contributed by atoms with Gasteiger partial charge in [-0.05, 0) is 12.1 Å². The maximum atomic E-state index is 5.86. The normalized spacial score (nSPS) is 11.3. The quantitative estimate of drug-likeness (QED) is 0.655. The fraction of sp³-hybridized carbons (Fsp3) is 0.0909. The molecule has 16 heavy (non-hydrogen) atoms. The van der Waals surface area contributed by atoms with Gasteiger partial charge in [0.2, 0.25) is 5.95 Å². The molecule has 0 aliphatic rings. The zero-order chi connectivity index (χ0) is 11.1. The molecule has 0 atom stereocenters. The third-order valence-electron chi connectivity index (χ3n) is 2.52. The zero-order valence-electron chi connectivity index (χ0n) is 8.39. The van der Waals surface area contributed by atoms with Crippen LogP contribution >= 0.6 is 11.6 Å². The summed E-state index contributed by atoms with van der Waals surface area (Å²) in [6.07, 6.45) is 1.82. The molecule has 2 N–H and O–H groups in total. The molecule has 0 aliphatic heterocycles. The highest BCUT2D eigenvalue weighted by molar-refractivity contribution is 6.17. The molecule has 0 radical (unpaired) electrons. The number of nitrogens with zero attached hydrogens (tertiary/aromatic N) is 3. The second-order valence-corrected chi connectivity index (χ2v) is 3.81. The first-order valence-electron chi connectivity index (χ1n) is 4.88. The Morgan fingerprint density at radius 2 is 2.06 bits per heavy atom. The number of anilines is 1. The van der Waals surface area contributed by atoms with Crippen LogP contribution in [0.3, 0.4) is 0 Å². The van der Waals surface area contributed by atoms with Crippen molar-refractivity contribution in [3.63, 3.8) is 0 Å². The molecule has 2 aromatic heterocycles. The Bertz CT molecular complexity index is 674. The lowest BCUT2D eigenvalue weighted by Crippen LogP contribution is -2.00. The number of rotatable bonds is 1. The van der Waals surface area contributed by atoms with Gasteiger partial charge in [-0.15, -0.1) is 11.6 Å². The van der Waals surface area contributed by atoms with Gasteiger partial charge < -0.3 is 5.73 Å². The van der Waals surface area contributed by atoms with Gasteiger partial charge in [0.05, 0.1) is 17.1 Å². The number of fused-ring (bicyclic) bond motifs is 3. The number of hydrogen-bond acceptors (Lipinski definition) is 3. The van der Waals surface area contributed by atoms with Crippen molar-refractivity contribution >= 4 is 34.1 Å². The maximum absolute atomic E-state index is 5.86. The predicted molar refractivity (Wildman–Crippen MR) is 64.5 cm³/mol. The number of nitrogens with two attached hydrogens (primary N) is 1. The van der Waals surface area contributed by atoms with Gasteiger partial charge in [0.1, 0.15) is 5.65 Å². The highest BCUT2D eigenvalue weighted by atomic mass is 35.5. The zero-order valence-corrected chi connectivity index (χ0v) is 9.15. The van der Waals surface area contributed by atoms with Crippen LogP contribution < -0.4 is 5.73 Å². The van der Waals surface area contributed by atoms with Gasteiger partial charge in [-0.3, -0.25) is 4.40 Å². The molecule has 0 aliphatic carbocycles. The lowest BCUT2D eigenvalue weighted by Gasteiger charge is -2.02. The van der Waals surface area contributed by atoms with E-state index >= 15 is 0 Å². The van der Waals surface area contributed by atoms with E-state index in [0.29, 0.717) is 11.8 Å². The molecule has 3 aromatic rings. The SMILES string of the molecule is Nc1nc2ccccc2c2nc(CCl)cn12. The lowest BCUT2D eigenvalue weighted by molar-refractivity contribution is 1.14. The number of alkyl halides is 1. The summed E-state index contributed by atoms with van der Waals surface area (Å²) in [7, 11) is 0. The van der Waals surface area contributed by atoms with Crippen LogP contribution in [0, 0.1) is 0 Å². The first kappa shape index (κ1) is 9.42. The van der Waals surface area contributed by atoms with E-state index in [2.05, 4.69) is 9.97 Å². The molecule has 2 heterocycles. The second-order valence-electron chi connectivity index (χ2n) is 3.55. The van der Waals surface area contributed by atoms with Crippen LogP contribution in [-0.4, -0.2) is 14.4 Å². The molecule has 0 fully saturated rings. The molecular weight excluding hydrogens is 224 g/mol. The predicted octanol–water partition coefficient (Wildman–Crippen LogP) is 2.20. The van der Waals surface area contributed by atoms with Crippen LogP contribution in [0.4, 0.5) is 5.95 Å². The van der Waals surface area contributed by atoms with Crippen molar-refractivity contribution in [1.82, 2.24) is 14.4 Å². The molecule has 0 amide bonds. The van der Waals surface area contributed by atoms with Gasteiger partial charge in [-0.25, -0.2) is 9.97 Å². The summed E-state index contributed by atoms with van der Waals surface area (Å²) in [6.45, 7) is 0. The van der Waals surface area contributed by atoms with Crippen molar-refractivity contribution in [2.75, 3.05) is 5.73 Å². The molecule has 4 nitrogen and oxygen atoms in total. The fourth-order valence-electron chi connectivity index (χ4n) is 1.80. The highest BCUT2D eigenvalue weighted by Gasteiger charge is 2.08. The van der Waals surface area contributed by atoms with Gasteiger partial charge in [-0.1, -0.05) is 12.1 Å². The van der Waals surface area contributed by atoms with Crippen molar-refractivity contribution in [1.29, 1.82) is 0 Å². The third kappa shape index (κ3) is 1.23. The van der Waals surface area contributed by atoms with Crippen LogP contribution in [0.1, 0.15) is 5.69 Å². The number of imidazole rings is 1. The average Bonchev–Trinajstić information content (AvgIpc) is 2.74. The number of halogens is 1. The Morgan fingerprint density at radius 3 is 2.88 bits per heavy atom. The van der Waals surface area contributed by atoms with E-state index in [4.69, 9.17) is 17.3 Å². The van der Waals surface area contributed by atoms with E-state index in [-0.39, 0.29) is 0 Å². The minimum atomic E-state index is 0.370. The molecular formula is C11H9ClN4. The van der Waals surface area contributed by atoms with Crippen LogP contribution in [0.5, 0.6) is 0 Å². The summed E-state index contributed by atoms with van der Waals surface area (Å²) in [4.78, 5) is 8.74. The minimum Gasteiger partial charge on any atom is -0.369 e. The van der Waals surface area contributed by atoms with Crippen LogP contribution in [0.2, 0.25) is 0 Å². The van der Waals surface area contributed by atoms with Crippen LogP contribution in [0.15, 0.2) is 30.5 Å². The number of hydrogen-bond donors (Lipinski definition) is 1. The number of nitrogen functional groups attached to an aromatic ring is 1. The van der Waals surface area contributed by atoms with E-state index in [0.717, 1.165) is 22.2 Å². The van der Waals surface area contributed by atoms with E-state index in [1.165, 1.54) is 0 Å². The van der Waals surface area contributed by atoms with E-state index in [1.807, 2.05) is 30.5 Å². The Kier molecular flexibility index (Phi) is 1.97. The summed E-state index contributed by atoms with van der Waals surface area (Å²) < 4.78 is 1.76. The number of aromatic nitrogens is 3. The lowest BCUT2D eigenvalue weighted by atomic mass is 10.2. The van der Waals surface area contributed by atoms with Crippen molar-refractivity contribution in [2.24, 2.45) is 0 Å². The van der Waals surface area contributed by atoms with Crippen molar-refractivity contribution in [3.8, 4) is 0 Å². The van der Waals surface area contributed by atoms with Crippen LogP contribution in [0.25, 0.3) is 16.6 Å². The van der Waals surface area contributed by atoms with E-state index < -0.39 is 0 Å². The van der Waals surface area contributed by atoms with Gasteiger partial charge in [-0.2, -0.15) is 0 Å². The molecule has 0 unspecified atom stereocenters. The van der Waals surface area contributed by atoms with Crippen molar-refractivity contribution in [2.45, 2.75) is 5.88 Å². The van der Waals surface area contributed by atoms with Gasteiger partial charge in [0.25, 0.3) is 0 Å². The first-order valence-corrected chi connectivity index (χ1v) is 5.41. The summed E-state index contributed by atoms with van der Waals surface area (Å²) >= 11 is 5.76. The largest absolute Gasteiger partial charge is 0.369 e. The average molecular weight is 233 g/mol. The topological polar surface area (TPSA) is 56.2 Å². The Labute approximate surface area is 96.7 Å². The standard InChI is InChI=1S/C11H9ClN4/c12-5-7-6-16-10(14-7)8-3-1-2-4-9(8)15-11(16)13/h1-4,6H,5H2,(H2,13,15). The molecule has 3 rings (SSSR count). The summed E-state index contributed by atoms with van der Waals surface area (Å²) in [5, 5.41) is 0.980. The molecule has 80 valence electrons. The smallest absolute Gasteiger partial charge is 0.206 e. The van der Waals surface area contributed by atoms with Gasteiger partial charge in [0, 0.05) is 11.6 Å². The maximum Gasteiger partial charge on any atom is 0.206 e. The van der Waals surface area contributed by atoms with Crippen molar-refractivity contribution in [3.05, 3.63) is 36.2 Å². The molecule has 5 heteroatoms. The highest BCUT2D eigenvalue weighted by Crippen LogP contribution is 2.20. The summed E-state index contributed by atoms with van der Waals surface area (Å²) in [5.74, 6) is 0.799. The van der Waals surface area contributed by atoms with E-state index in [9.17, 15) is 0 Å². The van der Waals surface area contributed by atoms with Crippen LogP contribution in [-0.2, 0) is 5.88 Å². The summed E-state index contributed by atoms with van der Waals surface area (Å²) in [6, 6.07) is 7.77. The molecule has 0 spiro atoms. The molecule has 0 saturated carbocycles. The van der Waals surface area contributed by atoms with Gasteiger partial charge in [0.15, 0.2) is 0 Å². The van der Waals surface area contributed by atoms with E-state index in [1.54, 1.807) is 4.40 Å². The molecule has 0 saturated heterocycles. The molecule has 1 aromatic carbocycles.